The Morgan fingerprint density at radius 1 is 1.31 bits per heavy atom. The standard InChI is InChI=1S/C11H9N2O3/c14-9-4-10(15)6-11(5-9)16-7-8-2-1-3-12-13-8/h1-5,14-15H,7H2. The predicted molar refractivity (Wildman–Crippen MR) is 55.0 cm³/mol. The van der Waals surface area contributed by atoms with Crippen molar-refractivity contribution in [3.63, 3.8) is 0 Å². The van der Waals surface area contributed by atoms with E-state index in [1.165, 1.54) is 12.1 Å². The van der Waals surface area contributed by atoms with Crippen molar-refractivity contribution in [3.05, 3.63) is 42.2 Å². The van der Waals surface area contributed by atoms with Crippen LogP contribution in [-0.2, 0) is 6.61 Å². The van der Waals surface area contributed by atoms with Crippen molar-refractivity contribution < 1.29 is 14.9 Å². The smallest absolute Gasteiger partial charge is 0.135 e. The van der Waals surface area contributed by atoms with Crippen molar-refractivity contribution >= 4 is 0 Å². The van der Waals surface area contributed by atoms with E-state index in [4.69, 9.17) is 9.84 Å². The molecule has 0 fully saturated rings. The Balaban J connectivity index is 2.05. The Hall–Kier alpha value is -2.30. The van der Waals surface area contributed by atoms with Gasteiger partial charge in [-0.15, -0.1) is 0 Å². The summed E-state index contributed by atoms with van der Waals surface area (Å²) in [5.74, 6) is 0.00250. The van der Waals surface area contributed by atoms with Crippen LogP contribution in [-0.4, -0.2) is 20.4 Å². The third-order valence-corrected chi connectivity index (χ3v) is 1.82. The zero-order valence-corrected chi connectivity index (χ0v) is 8.29. The van der Waals surface area contributed by atoms with Crippen LogP contribution in [0.15, 0.2) is 30.5 Å². The maximum Gasteiger partial charge on any atom is 0.135 e. The molecule has 0 aliphatic rings. The van der Waals surface area contributed by atoms with Crippen molar-refractivity contribution in [2.45, 2.75) is 6.61 Å². The fraction of sp³-hybridized carbons (Fsp3) is 0.0909. The molecule has 0 amide bonds. The highest BCUT2D eigenvalue weighted by Crippen LogP contribution is 2.25. The second-order valence-corrected chi connectivity index (χ2v) is 3.09. The van der Waals surface area contributed by atoms with Crippen LogP contribution < -0.4 is 4.74 Å². The first-order valence-corrected chi connectivity index (χ1v) is 4.59. The highest BCUT2D eigenvalue weighted by atomic mass is 16.5. The lowest BCUT2D eigenvalue weighted by Gasteiger charge is -2.05. The van der Waals surface area contributed by atoms with Gasteiger partial charge < -0.3 is 14.9 Å². The van der Waals surface area contributed by atoms with Gasteiger partial charge >= 0.3 is 0 Å². The molecule has 5 nitrogen and oxygen atoms in total. The highest BCUT2D eigenvalue weighted by Gasteiger charge is 2.02. The third-order valence-electron chi connectivity index (χ3n) is 1.82. The summed E-state index contributed by atoms with van der Waals surface area (Å²) >= 11 is 0. The summed E-state index contributed by atoms with van der Waals surface area (Å²) in [5.41, 5.74) is 0.652. The minimum atomic E-state index is -0.172. The summed E-state index contributed by atoms with van der Waals surface area (Å²) in [7, 11) is 0. The summed E-state index contributed by atoms with van der Waals surface area (Å²) < 4.78 is 5.28. The van der Waals surface area contributed by atoms with Gasteiger partial charge in [-0.3, -0.25) is 0 Å². The second kappa shape index (κ2) is 4.48. The van der Waals surface area contributed by atoms with Gasteiger partial charge in [0.1, 0.15) is 29.5 Å². The molecule has 1 aromatic carbocycles. The summed E-state index contributed by atoms with van der Waals surface area (Å²) in [6.07, 6.45) is 1.57. The van der Waals surface area contributed by atoms with Crippen LogP contribution in [0.5, 0.6) is 17.2 Å². The maximum atomic E-state index is 9.20. The van der Waals surface area contributed by atoms with Crippen LogP contribution in [0.25, 0.3) is 0 Å². The first-order valence-electron chi connectivity index (χ1n) is 4.59. The normalized spacial score (nSPS) is 10.0. The van der Waals surface area contributed by atoms with E-state index >= 15 is 0 Å². The van der Waals surface area contributed by atoms with Crippen molar-refractivity contribution in [1.82, 2.24) is 10.2 Å². The van der Waals surface area contributed by atoms with Crippen molar-refractivity contribution in [2.75, 3.05) is 0 Å². The van der Waals surface area contributed by atoms with E-state index < -0.39 is 0 Å². The van der Waals surface area contributed by atoms with Gasteiger partial charge in [0.15, 0.2) is 0 Å². The van der Waals surface area contributed by atoms with Crippen molar-refractivity contribution in [3.8, 4) is 17.2 Å². The minimum Gasteiger partial charge on any atom is -0.508 e. The number of aromatic hydroxyl groups is 2. The Morgan fingerprint density at radius 2 is 2.19 bits per heavy atom. The Labute approximate surface area is 92.0 Å². The number of phenols is 2. The number of aromatic nitrogens is 2. The average molecular weight is 217 g/mol. The van der Waals surface area contributed by atoms with Crippen molar-refractivity contribution in [2.24, 2.45) is 0 Å². The molecular weight excluding hydrogens is 208 g/mol. The Morgan fingerprint density at radius 3 is 2.88 bits per heavy atom. The highest BCUT2D eigenvalue weighted by molar-refractivity contribution is 5.39. The molecule has 2 N–H and O–H groups in total. The topological polar surface area (TPSA) is 75.5 Å². The first kappa shape index (κ1) is 10.2. The molecule has 1 heterocycles. The maximum absolute atomic E-state index is 9.20. The Bertz CT molecular complexity index is 454. The fourth-order valence-corrected chi connectivity index (χ4v) is 1.15. The van der Waals surface area contributed by atoms with Gasteiger partial charge in [-0.05, 0) is 12.1 Å². The number of nitrogens with zero attached hydrogens (tertiary/aromatic N) is 2. The number of phenolic OH excluding ortho intramolecular Hbond substituents is 2. The summed E-state index contributed by atoms with van der Waals surface area (Å²) in [5, 5.41) is 25.9. The summed E-state index contributed by atoms with van der Waals surface area (Å²) in [6.45, 7) is 0.202. The van der Waals surface area contributed by atoms with Gasteiger partial charge in [0.2, 0.25) is 0 Å². The van der Waals surface area contributed by atoms with Gasteiger partial charge in [-0.1, -0.05) is 0 Å². The van der Waals surface area contributed by atoms with Crippen LogP contribution in [0, 0.1) is 6.07 Å². The van der Waals surface area contributed by atoms with Crippen LogP contribution in [0.1, 0.15) is 5.69 Å². The molecule has 0 bridgehead atoms. The van der Waals surface area contributed by atoms with Crippen LogP contribution in [0.4, 0.5) is 0 Å². The molecule has 5 heteroatoms. The molecule has 0 saturated carbocycles. The average Bonchev–Trinajstić information content (AvgIpc) is 2.27. The number of rotatable bonds is 3. The molecular formula is C11H9N2O3. The zero-order valence-electron chi connectivity index (χ0n) is 8.29. The lowest BCUT2D eigenvalue weighted by molar-refractivity contribution is 0.295. The van der Waals surface area contributed by atoms with E-state index in [1.807, 2.05) is 0 Å². The molecule has 0 spiro atoms. The number of ether oxygens (including phenoxy) is 1. The van der Waals surface area contributed by atoms with Crippen LogP contribution in [0.2, 0.25) is 0 Å². The monoisotopic (exact) mass is 217 g/mol. The third kappa shape index (κ3) is 2.60. The molecule has 0 unspecified atom stereocenters. The molecule has 0 saturated heterocycles. The molecule has 1 aromatic heterocycles. The quantitative estimate of drug-likeness (QED) is 0.809. The van der Waals surface area contributed by atoms with Gasteiger partial charge in [0.05, 0.1) is 6.07 Å². The first-order chi connectivity index (χ1) is 7.74. The minimum absolute atomic E-state index is 0.0783. The molecule has 2 rings (SSSR count). The molecule has 2 aromatic rings. The molecule has 81 valence electrons. The van der Waals surface area contributed by atoms with Crippen molar-refractivity contribution in [1.29, 1.82) is 0 Å². The van der Waals surface area contributed by atoms with E-state index in [9.17, 15) is 5.11 Å². The molecule has 16 heavy (non-hydrogen) atoms. The van der Waals surface area contributed by atoms with Crippen LogP contribution in [0.3, 0.4) is 0 Å². The molecule has 1 radical (unpaired) electrons. The summed E-state index contributed by atoms with van der Waals surface area (Å²) in [4.78, 5) is 0. The van der Waals surface area contributed by atoms with E-state index in [0.29, 0.717) is 5.69 Å². The predicted octanol–water partition coefficient (Wildman–Crippen LogP) is 1.27. The van der Waals surface area contributed by atoms with E-state index in [0.717, 1.165) is 0 Å². The SMILES string of the molecule is Oc1[c]c(OCc2cccnn2)cc(O)c1. The molecule has 0 aliphatic carbocycles. The van der Waals surface area contributed by atoms with E-state index in [-0.39, 0.29) is 23.9 Å². The Kier molecular flexibility index (Phi) is 2.86. The lowest BCUT2D eigenvalue weighted by Crippen LogP contribution is -1.98. The van der Waals surface area contributed by atoms with E-state index in [2.05, 4.69) is 16.3 Å². The van der Waals surface area contributed by atoms with Gasteiger partial charge in [-0.25, -0.2) is 0 Å². The van der Waals surface area contributed by atoms with Crippen LogP contribution >= 0.6 is 0 Å². The second-order valence-electron chi connectivity index (χ2n) is 3.09. The number of benzene rings is 1. The number of hydrogen-bond donors (Lipinski definition) is 2. The van der Waals surface area contributed by atoms with Gasteiger partial charge in [0, 0.05) is 18.3 Å². The molecule has 0 aliphatic heterocycles. The number of hydrogen-bond acceptors (Lipinski definition) is 5. The zero-order chi connectivity index (χ0) is 11.4. The lowest BCUT2D eigenvalue weighted by atomic mass is 10.3. The van der Waals surface area contributed by atoms with E-state index in [1.54, 1.807) is 18.3 Å². The summed E-state index contributed by atoms with van der Waals surface area (Å²) in [6, 6.07) is 8.58. The fourth-order valence-electron chi connectivity index (χ4n) is 1.15. The largest absolute Gasteiger partial charge is 0.508 e. The molecule has 0 atom stereocenters. The van der Waals surface area contributed by atoms with Gasteiger partial charge in [-0.2, -0.15) is 10.2 Å². The van der Waals surface area contributed by atoms with Gasteiger partial charge in [0.25, 0.3) is 0 Å².